The number of aromatic nitrogens is 1. The zero-order chi connectivity index (χ0) is 14.4. The van der Waals surface area contributed by atoms with Gasteiger partial charge in [0.25, 0.3) is 0 Å². The molecule has 1 aromatic heterocycles. The number of likely N-dealkylation sites (tertiary alicyclic amines) is 1. The van der Waals surface area contributed by atoms with Crippen molar-refractivity contribution >= 4 is 11.7 Å². The number of primary amides is 1. The van der Waals surface area contributed by atoms with E-state index in [2.05, 4.69) is 28.2 Å². The van der Waals surface area contributed by atoms with Gasteiger partial charge in [0.1, 0.15) is 5.82 Å². The standard InChI is InChI=1S/C15H24N4O/c1-2-6-17-14-9-12(5-7-18-14)10-19-8-3-4-13(11-19)15(16)20/h5,7,9,13H,2-4,6,8,10-11H2,1H3,(H2,16,20)(H,17,18). The second-order valence-corrected chi connectivity index (χ2v) is 5.45. The summed E-state index contributed by atoms with van der Waals surface area (Å²) in [6, 6.07) is 4.12. The number of carbonyl (C=O) groups is 1. The lowest BCUT2D eigenvalue weighted by Gasteiger charge is -2.31. The van der Waals surface area contributed by atoms with Crippen LogP contribution in [0.15, 0.2) is 18.3 Å². The molecule has 3 N–H and O–H groups in total. The van der Waals surface area contributed by atoms with E-state index >= 15 is 0 Å². The summed E-state index contributed by atoms with van der Waals surface area (Å²) in [6.45, 7) is 5.73. The highest BCUT2D eigenvalue weighted by atomic mass is 16.1. The van der Waals surface area contributed by atoms with Gasteiger partial charge in [-0.25, -0.2) is 4.98 Å². The molecular weight excluding hydrogens is 252 g/mol. The Hall–Kier alpha value is -1.62. The van der Waals surface area contributed by atoms with Crippen molar-refractivity contribution in [3.8, 4) is 0 Å². The molecule has 2 rings (SSSR count). The molecule has 1 unspecified atom stereocenters. The number of amides is 1. The van der Waals surface area contributed by atoms with E-state index in [1.54, 1.807) is 0 Å². The minimum Gasteiger partial charge on any atom is -0.370 e. The molecule has 0 aliphatic carbocycles. The van der Waals surface area contributed by atoms with E-state index in [-0.39, 0.29) is 11.8 Å². The molecule has 1 aliphatic rings. The molecule has 1 fully saturated rings. The Kier molecular flexibility index (Phi) is 5.35. The van der Waals surface area contributed by atoms with Crippen LogP contribution in [0.5, 0.6) is 0 Å². The molecule has 1 atom stereocenters. The van der Waals surface area contributed by atoms with Crippen molar-refractivity contribution in [1.29, 1.82) is 0 Å². The highest BCUT2D eigenvalue weighted by molar-refractivity contribution is 5.76. The van der Waals surface area contributed by atoms with E-state index < -0.39 is 0 Å². The van der Waals surface area contributed by atoms with Crippen LogP contribution < -0.4 is 11.1 Å². The predicted octanol–water partition coefficient (Wildman–Crippen LogP) is 1.60. The Labute approximate surface area is 120 Å². The fourth-order valence-electron chi connectivity index (χ4n) is 2.61. The van der Waals surface area contributed by atoms with Crippen LogP contribution in [0.2, 0.25) is 0 Å². The SMILES string of the molecule is CCCNc1cc(CN2CCCC(C(N)=O)C2)ccn1. The average molecular weight is 276 g/mol. The van der Waals surface area contributed by atoms with Crippen LogP contribution in [-0.2, 0) is 11.3 Å². The maximum atomic E-state index is 11.3. The van der Waals surface area contributed by atoms with E-state index in [0.717, 1.165) is 51.3 Å². The number of hydrogen-bond acceptors (Lipinski definition) is 4. The summed E-state index contributed by atoms with van der Waals surface area (Å²) < 4.78 is 0. The minimum absolute atomic E-state index is 0.00303. The highest BCUT2D eigenvalue weighted by Gasteiger charge is 2.23. The first-order chi connectivity index (χ1) is 9.69. The Balaban J connectivity index is 1.93. The number of hydrogen-bond donors (Lipinski definition) is 2. The molecule has 0 spiro atoms. The van der Waals surface area contributed by atoms with Gasteiger partial charge in [-0.2, -0.15) is 0 Å². The lowest BCUT2D eigenvalue weighted by Crippen LogP contribution is -2.40. The largest absolute Gasteiger partial charge is 0.370 e. The lowest BCUT2D eigenvalue weighted by atomic mass is 9.97. The van der Waals surface area contributed by atoms with Crippen molar-refractivity contribution in [3.63, 3.8) is 0 Å². The van der Waals surface area contributed by atoms with Crippen LogP contribution in [0.4, 0.5) is 5.82 Å². The van der Waals surface area contributed by atoms with Crippen molar-refractivity contribution in [2.75, 3.05) is 25.0 Å². The molecule has 1 aliphatic heterocycles. The monoisotopic (exact) mass is 276 g/mol. The molecule has 5 heteroatoms. The van der Waals surface area contributed by atoms with Crippen LogP contribution in [0.25, 0.3) is 0 Å². The van der Waals surface area contributed by atoms with Gasteiger partial charge in [-0.1, -0.05) is 6.92 Å². The third-order valence-corrected chi connectivity index (χ3v) is 3.69. The van der Waals surface area contributed by atoms with Gasteiger partial charge in [0.2, 0.25) is 5.91 Å². The molecular formula is C15H24N4O. The normalized spacial score (nSPS) is 19.8. The smallest absolute Gasteiger partial charge is 0.221 e. The van der Waals surface area contributed by atoms with Crippen LogP contribution in [0.3, 0.4) is 0 Å². The van der Waals surface area contributed by atoms with Gasteiger partial charge in [0.15, 0.2) is 0 Å². The number of nitrogens with two attached hydrogens (primary N) is 1. The summed E-state index contributed by atoms with van der Waals surface area (Å²) in [7, 11) is 0. The van der Waals surface area contributed by atoms with Crippen LogP contribution in [0.1, 0.15) is 31.7 Å². The Morgan fingerprint density at radius 2 is 2.45 bits per heavy atom. The molecule has 2 heterocycles. The molecule has 1 saturated heterocycles. The molecule has 0 bridgehead atoms. The number of piperidine rings is 1. The summed E-state index contributed by atoms with van der Waals surface area (Å²) in [4.78, 5) is 17.9. The average Bonchev–Trinajstić information content (AvgIpc) is 2.46. The van der Waals surface area contributed by atoms with E-state index in [0.29, 0.717) is 0 Å². The van der Waals surface area contributed by atoms with Crippen LogP contribution in [-0.4, -0.2) is 35.4 Å². The second-order valence-electron chi connectivity index (χ2n) is 5.45. The van der Waals surface area contributed by atoms with Gasteiger partial charge < -0.3 is 11.1 Å². The van der Waals surface area contributed by atoms with Gasteiger partial charge in [-0.15, -0.1) is 0 Å². The number of anilines is 1. The summed E-state index contributed by atoms with van der Waals surface area (Å²) >= 11 is 0. The summed E-state index contributed by atoms with van der Waals surface area (Å²) in [5.74, 6) is 0.755. The van der Waals surface area contributed by atoms with Crippen molar-refractivity contribution in [1.82, 2.24) is 9.88 Å². The van der Waals surface area contributed by atoms with Gasteiger partial charge in [-0.3, -0.25) is 9.69 Å². The zero-order valence-electron chi connectivity index (χ0n) is 12.1. The predicted molar refractivity (Wildman–Crippen MR) is 80.2 cm³/mol. The van der Waals surface area contributed by atoms with Crippen molar-refractivity contribution in [2.45, 2.75) is 32.7 Å². The van der Waals surface area contributed by atoms with E-state index in [9.17, 15) is 4.79 Å². The number of rotatable bonds is 6. The molecule has 1 amide bonds. The molecule has 5 nitrogen and oxygen atoms in total. The van der Waals surface area contributed by atoms with Crippen LogP contribution in [0, 0.1) is 5.92 Å². The lowest BCUT2D eigenvalue weighted by molar-refractivity contribution is -0.123. The first-order valence-corrected chi connectivity index (χ1v) is 7.39. The van der Waals surface area contributed by atoms with E-state index in [1.807, 2.05) is 12.3 Å². The molecule has 0 radical (unpaired) electrons. The van der Waals surface area contributed by atoms with Gasteiger partial charge in [-0.05, 0) is 43.5 Å². The Morgan fingerprint density at radius 1 is 1.60 bits per heavy atom. The van der Waals surface area contributed by atoms with Crippen molar-refractivity contribution < 1.29 is 4.79 Å². The fourth-order valence-corrected chi connectivity index (χ4v) is 2.61. The fraction of sp³-hybridized carbons (Fsp3) is 0.600. The minimum atomic E-state index is -0.172. The first kappa shape index (κ1) is 14.8. The summed E-state index contributed by atoms with van der Waals surface area (Å²) in [6.07, 6.45) is 4.88. The van der Waals surface area contributed by atoms with Gasteiger partial charge in [0.05, 0.1) is 5.92 Å². The Bertz CT molecular complexity index is 449. The topological polar surface area (TPSA) is 71.2 Å². The first-order valence-electron chi connectivity index (χ1n) is 7.39. The number of nitrogens with zero attached hydrogens (tertiary/aromatic N) is 2. The van der Waals surface area contributed by atoms with Crippen molar-refractivity contribution in [2.24, 2.45) is 11.7 Å². The maximum Gasteiger partial charge on any atom is 0.221 e. The second kappa shape index (κ2) is 7.24. The van der Waals surface area contributed by atoms with Gasteiger partial charge in [0, 0.05) is 25.8 Å². The van der Waals surface area contributed by atoms with Crippen LogP contribution >= 0.6 is 0 Å². The molecule has 0 saturated carbocycles. The third-order valence-electron chi connectivity index (χ3n) is 3.69. The number of pyridine rings is 1. The quantitative estimate of drug-likeness (QED) is 0.828. The van der Waals surface area contributed by atoms with E-state index in [4.69, 9.17) is 5.73 Å². The molecule has 0 aromatic carbocycles. The Morgan fingerprint density at radius 3 is 3.20 bits per heavy atom. The molecule has 110 valence electrons. The van der Waals surface area contributed by atoms with Crippen molar-refractivity contribution in [3.05, 3.63) is 23.9 Å². The maximum absolute atomic E-state index is 11.3. The number of carbonyl (C=O) groups excluding carboxylic acids is 1. The highest BCUT2D eigenvalue weighted by Crippen LogP contribution is 2.19. The van der Waals surface area contributed by atoms with Gasteiger partial charge >= 0.3 is 0 Å². The molecule has 1 aromatic rings. The van der Waals surface area contributed by atoms with E-state index in [1.165, 1.54) is 5.56 Å². The third kappa shape index (κ3) is 4.20. The number of nitrogens with one attached hydrogen (secondary N) is 1. The zero-order valence-corrected chi connectivity index (χ0v) is 12.1. The summed E-state index contributed by atoms with van der Waals surface area (Å²) in [5, 5.41) is 3.30. The summed E-state index contributed by atoms with van der Waals surface area (Å²) in [5.41, 5.74) is 6.64. The molecule has 20 heavy (non-hydrogen) atoms.